The van der Waals surface area contributed by atoms with Crippen LogP contribution >= 0.6 is 27.7 Å². The van der Waals surface area contributed by atoms with Gasteiger partial charge in [-0.15, -0.1) is 11.8 Å². The number of nitrogens with one attached hydrogen (secondary N) is 1. The summed E-state index contributed by atoms with van der Waals surface area (Å²) in [6.07, 6.45) is -0.427. The number of ether oxygens (including phenoxy) is 1. The van der Waals surface area contributed by atoms with Crippen molar-refractivity contribution in [2.45, 2.75) is 30.0 Å². The van der Waals surface area contributed by atoms with Gasteiger partial charge in [-0.05, 0) is 27.7 Å². The molecule has 2 unspecified atom stereocenters. The summed E-state index contributed by atoms with van der Waals surface area (Å²) in [5.41, 5.74) is 3.30. The molecule has 0 radical (unpaired) electrons. The van der Waals surface area contributed by atoms with Crippen LogP contribution in [0.25, 0.3) is 0 Å². The van der Waals surface area contributed by atoms with Gasteiger partial charge in [0.05, 0.1) is 6.42 Å². The van der Waals surface area contributed by atoms with Crippen molar-refractivity contribution in [2.75, 3.05) is 5.33 Å². The fourth-order valence-corrected chi connectivity index (χ4v) is 6.49. The van der Waals surface area contributed by atoms with E-state index in [0.717, 1.165) is 22.3 Å². The summed E-state index contributed by atoms with van der Waals surface area (Å²) in [4.78, 5) is 41.0. The van der Waals surface area contributed by atoms with Crippen molar-refractivity contribution in [1.29, 1.82) is 0 Å². The Labute approximate surface area is 228 Å². The Morgan fingerprint density at radius 2 is 1.49 bits per heavy atom. The lowest BCUT2D eigenvalue weighted by atomic mass is 9.97. The number of nitrogens with zero attached hydrogens (tertiary/aromatic N) is 1. The molecule has 2 heterocycles. The molecular weight excluding hydrogens is 552 g/mol. The Hall–Kier alpha value is -3.36. The van der Waals surface area contributed by atoms with Crippen molar-refractivity contribution in [3.8, 4) is 0 Å². The molecule has 0 spiro atoms. The lowest BCUT2D eigenvalue weighted by Gasteiger charge is -2.51. The number of thioether (sulfide) groups is 1. The smallest absolute Gasteiger partial charge is 0.334 e. The van der Waals surface area contributed by atoms with Crippen LogP contribution in [-0.4, -0.2) is 45.5 Å². The summed E-state index contributed by atoms with van der Waals surface area (Å²) in [5.74, 6) is -1.02. The maximum absolute atomic E-state index is 13.7. The summed E-state index contributed by atoms with van der Waals surface area (Å²) >= 11 is 4.89. The van der Waals surface area contributed by atoms with Crippen molar-refractivity contribution in [3.05, 3.63) is 119 Å². The van der Waals surface area contributed by atoms with E-state index < -0.39 is 24.2 Å². The average Bonchev–Trinajstić information content (AvgIpc) is 2.95. The van der Waals surface area contributed by atoms with Crippen LogP contribution in [0.1, 0.15) is 22.8 Å². The summed E-state index contributed by atoms with van der Waals surface area (Å²) in [5, 5.41) is 4.79. The Kier molecular flexibility index (Phi) is 7.76. The summed E-state index contributed by atoms with van der Waals surface area (Å²) < 4.78 is 6.10. The summed E-state index contributed by atoms with van der Waals surface area (Å²) in [7, 11) is 0. The van der Waals surface area contributed by atoms with Gasteiger partial charge in [-0.25, -0.2) is 4.79 Å². The number of hydrogen-bond donors (Lipinski definition) is 1. The fraction of sp³-hybridized carbons (Fsp3) is 0.207. The van der Waals surface area contributed by atoms with E-state index in [1.165, 1.54) is 16.7 Å². The highest BCUT2D eigenvalue weighted by molar-refractivity contribution is 9.09. The number of fused-ring (bicyclic) bond motifs is 1. The Morgan fingerprint density at radius 3 is 2.05 bits per heavy atom. The number of rotatable bonds is 8. The maximum Gasteiger partial charge on any atom is 0.334 e. The molecule has 8 heteroatoms. The largest absolute Gasteiger partial charge is 0.451 e. The second-order valence-corrected chi connectivity index (χ2v) is 10.4. The first-order chi connectivity index (χ1) is 18.1. The number of β-lactam (4-membered cyclic amide) rings is 1. The molecule has 37 heavy (non-hydrogen) atoms. The lowest BCUT2D eigenvalue weighted by molar-refractivity contribution is -0.165. The number of amides is 2. The third kappa shape index (κ3) is 5.36. The molecule has 3 aromatic rings. The Bertz CT molecular complexity index is 1260. The van der Waals surface area contributed by atoms with Crippen molar-refractivity contribution in [2.24, 2.45) is 0 Å². The number of carbonyl (C=O) groups is 3. The number of benzene rings is 3. The molecule has 188 valence electrons. The van der Waals surface area contributed by atoms with Crippen LogP contribution in [0.15, 0.2) is 102 Å². The predicted molar refractivity (Wildman–Crippen MR) is 147 cm³/mol. The number of hydrogen-bond acceptors (Lipinski definition) is 5. The molecule has 0 bridgehead atoms. The molecule has 1 saturated heterocycles. The molecule has 1 N–H and O–H groups in total. The lowest BCUT2D eigenvalue weighted by Crippen LogP contribution is -2.74. The zero-order chi connectivity index (χ0) is 25.8. The Morgan fingerprint density at radius 1 is 0.919 bits per heavy atom. The molecule has 5 rings (SSSR count). The van der Waals surface area contributed by atoms with E-state index in [1.54, 1.807) is 0 Å². The van der Waals surface area contributed by atoms with Crippen molar-refractivity contribution < 1.29 is 19.1 Å². The van der Waals surface area contributed by atoms with Gasteiger partial charge in [0.15, 0.2) is 12.1 Å². The van der Waals surface area contributed by atoms with Crippen LogP contribution in [0.3, 0.4) is 0 Å². The number of halogens is 1. The minimum atomic E-state index is -0.865. The molecular formula is C29H25BrN2O4S. The minimum Gasteiger partial charge on any atom is -0.451 e. The second-order valence-electron chi connectivity index (χ2n) is 8.85. The van der Waals surface area contributed by atoms with Crippen LogP contribution in [0.2, 0.25) is 0 Å². The first-order valence-electron chi connectivity index (χ1n) is 11.9. The van der Waals surface area contributed by atoms with E-state index in [1.807, 2.05) is 96.4 Å². The SMILES string of the molecule is O=C(Cc1ccccc1)NC1C(=O)N2C(C(=O)OC(c3ccccc3)c3ccccc3)C(CBr)=CS[C@@H]12. The topological polar surface area (TPSA) is 75.7 Å². The van der Waals surface area contributed by atoms with Crippen molar-refractivity contribution in [1.82, 2.24) is 10.2 Å². The highest BCUT2D eigenvalue weighted by Crippen LogP contribution is 2.41. The van der Waals surface area contributed by atoms with Gasteiger partial charge in [-0.2, -0.15) is 0 Å². The van der Waals surface area contributed by atoms with Crippen LogP contribution in [-0.2, 0) is 25.5 Å². The molecule has 2 aliphatic rings. The molecule has 0 aliphatic carbocycles. The average molecular weight is 578 g/mol. The quantitative estimate of drug-likeness (QED) is 0.241. The van der Waals surface area contributed by atoms with Gasteiger partial charge < -0.3 is 15.0 Å². The van der Waals surface area contributed by atoms with E-state index in [4.69, 9.17) is 4.74 Å². The van der Waals surface area contributed by atoms with Crippen molar-refractivity contribution >= 4 is 45.5 Å². The van der Waals surface area contributed by atoms with Crippen LogP contribution in [0, 0.1) is 0 Å². The van der Waals surface area contributed by atoms with Gasteiger partial charge >= 0.3 is 5.97 Å². The molecule has 2 aliphatic heterocycles. The highest BCUT2D eigenvalue weighted by Gasteiger charge is 2.56. The summed E-state index contributed by atoms with van der Waals surface area (Å²) in [6.45, 7) is 0. The number of esters is 1. The third-order valence-corrected chi connectivity index (χ3v) is 8.27. The predicted octanol–water partition coefficient (Wildman–Crippen LogP) is 4.61. The number of alkyl halides is 1. The van der Waals surface area contributed by atoms with Crippen LogP contribution < -0.4 is 5.32 Å². The van der Waals surface area contributed by atoms with Gasteiger partial charge in [-0.1, -0.05) is 107 Å². The highest BCUT2D eigenvalue weighted by atomic mass is 79.9. The molecule has 3 atom stereocenters. The first kappa shape index (κ1) is 25.3. The standard InChI is InChI=1S/C29H25BrN2O4S/c30-17-22-18-37-28-24(31-23(33)16-19-10-4-1-5-11-19)27(34)32(28)25(22)29(35)36-26(20-12-6-2-7-13-20)21-14-8-3-9-15-21/h1-15,18,24-26,28H,16-17H2,(H,31,33)/t24?,25?,28-/m0/s1. The maximum atomic E-state index is 13.7. The molecule has 0 aromatic heterocycles. The molecule has 0 saturated carbocycles. The van der Waals surface area contributed by atoms with E-state index in [2.05, 4.69) is 21.2 Å². The molecule has 2 amide bonds. The zero-order valence-electron chi connectivity index (χ0n) is 19.8. The van der Waals surface area contributed by atoms with Gasteiger partial charge in [0.2, 0.25) is 11.8 Å². The first-order valence-corrected chi connectivity index (χ1v) is 14.0. The summed E-state index contributed by atoms with van der Waals surface area (Å²) in [6, 6.07) is 26.9. The van der Waals surface area contributed by atoms with Crippen LogP contribution in [0.5, 0.6) is 0 Å². The third-order valence-electron chi connectivity index (χ3n) is 6.41. The van der Waals surface area contributed by atoms with E-state index in [9.17, 15) is 14.4 Å². The second kappa shape index (κ2) is 11.4. The van der Waals surface area contributed by atoms with Gasteiger partial charge in [0.25, 0.3) is 0 Å². The van der Waals surface area contributed by atoms with E-state index in [-0.39, 0.29) is 23.6 Å². The Balaban J connectivity index is 1.34. The van der Waals surface area contributed by atoms with E-state index >= 15 is 0 Å². The normalized spacial score (nSPS) is 20.5. The van der Waals surface area contributed by atoms with E-state index in [0.29, 0.717) is 5.33 Å². The molecule has 1 fully saturated rings. The monoisotopic (exact) mass is 576 g/mol. The van der Waals surface area contributed by atoms with Crippen LogP contribution in [0.4, 0.5) is 0 Å². The van der Waals surface area contributed by atoms with Gasteiger partial charge in [0.1, 0.15) is 11.4 Å². The van der Waals surface area contributed by atoms with Crippen molar-refractivity contribution in [3.63, 3.8) is 0 Å². The molecule has 3 aromatic carbocycles. The molecule has 6 nitrogen and oxygen atoms in total. The van der Waals surface area contributed by atoms with Gasteiger partial charge in [0, 0.05) is 5.33 Å². The zero-order valence-corrected chi connectivity index (χ0v) is 22.2. The minimum absolute atomic E-state index is 0.186. The number of carbonyl (C=O) groups excluding carboxylic acids is 3. The fourth-order valence-electron chi connectivity index (χ4n) is 4.58. The van der Waals surface area contributed by atoms with Gasteiger partial charge in [-0.3, -0.25) is 9.59 Å².